The van der Waals surface area contributed by atoms with E-state index in [1.165, 1.54) is 0 Å². The molecule has 1 aliphatic heterocycles. The van der Waals surface area contributed by atoms with Gasteiger partial charge < -0.3 is 37.8 Å². The van der Waals surface area contributed by atoms with Gasteiger partial charge in [-0.05, 0) is 38.2 Å². The molecule has 3 atom stereocenters. The summed E-state index contributed by atoms with van der Waals surface area (Å²) < 4.78 is 0. The molecule has 1 spiro atoms. The average Bonchev–Trinajstić information content (AvgIpc) is 2.97. The zero-order valence-electron chi connectivity index (χ0n) is 25.0. The fraction of sp³-hybridized carbons (Fsp3) is 0.567. The van der Waals surface area contributed by atoms with Gasteiger partial charge in [0, 0.05) is 19.4 Å². The molecule has 1 heterocycles. The summed E-state index contributed by atoms with van der Waals surface area (Å²) in [6.07, 6.45) is 2.22. The van der Waals surface area contributed by atoms with Crippen molar-refractivity contribution < 1.29 is 33.9 Å². The fourth-order valence-electron chi connectivity index (χ4n) is 5.54. The molecule has 0 unspecified atom stereocenters. The van der Waals surface area contributed by atoms with Crippen molar-refractivity contribution in [2.24, 2.45) is 22.4 Å². The molecule has 1 aliphatic carbocycles. The molecule has 0 aromatic heterocycles. The number of aryl methyl sites for hydroxylation is 1. The lowest BCUT2D eigenvalue weighted by Gasteiger charge is -2.38. The van der Waals surface area contributed by atoms with Crippen molar-refractivity contribution in [3.63, 3.8) is 0 Å². The molecule has 240 valence electrons. The monoisotopic (exact) mass is 613 g/mol. The molecule has 0 radical (unpaired) electrons. The van der Waals surface area contributed by atoms with Crippen LogP contribution in [0.25, 0.3) is 0 Å². The maximum atomic E-state index is 13.9. The maximum absolute atomic E-state index is 13.9. The number of hydrogen-bond acceptors (Lipinski definition) is 7. The molecule has 14 nitrogen and oxygen atoms in total. The number of rotatable bonds is 8. The number of nitrogens with two attached hydrogens (primary N) is 2. The number of benzene rings is 1. The van der Waals surface area contributed by atoms with E-state index in [0.717, 1.165) is 17.5 Å². The largest absolute Gasteiger partial charge is 0.481 e. The van der Waals surface area contributed by atoms with Crippen LogP contribution in [0.4, 0.5) is 0 Å². The number of nitrogens with zero attached hydrogens (tertiary/aromatic N) is 1. The molecule has 9 N–H and O–H groups in total. The number of amides is 4. The Morgan fingerprint density at radius 2 is 1.64 bits per heavy atom. The number of aliphatic carboxylic acids is 1. The van der Waals surface area contributed by atoms with E-state index in [1.54, 1.807) is 0 Å². The molecule has 14 heteroatoms. The van der Waals surface area contributed by atoms with Gasteiger partial charge in [-0.3, -0.25) is 33.8 Å². The van der Waals surface area contributed by atoms with Gasteiger partial charge in [0.2, 0.25) is 23.6 Å². The van der Waals surface area contributed by atoms with E-state index < -0.39 is 78.3 Å². The number of nitrogens with one attached hydrogen (secondary N) is 4. The highest BCUT2D eigenvalue weighted by molar-refractivity contribution is 5.99. The number of guanidine groups is 1. The number of carboxylic acid groups (broad SMARTS) is 1. The van der Waals surface area contributed by atoms with E-state index in [0.29, 0.717) is 32.1 Å². The summed E-state index contributed by atoms with van der Waals surface area (Å²) in [6, 6.07) is 5.12. The van der Waals surface area contributed by atoms with Gasteiger partial charge in [0.1, 0.15) is 17.6 Å². The fourth-order valence-corrected chi connectivity index (χ4v) is 5.54. The van der Waals surface area contributed by atoms with Crippen LogP contribution in [-0.4, -0.2) is 77.2 Å². The first-order valence-corrected chi connectivity index (χ1v) is 14.9. The van der Waals surface area contributed by atoms with E-state index in [9.17, 15) is 33.9 Å². The van der Waals surface area contributed by atoms with Crippen LogP contribution in [-0.2, 0) is 35.2 Å². The molecule has 44 heavy (non-hydrogen) atoms. The van der Waals surface area contributed by atoms with Crippen LogP contribution in [0.2, 0.25) is 0 Å². The predicted molar refractivity (Wildman–Crippen MR) is 161 cm³/mol. The van der Waals surface area contributed by atoms with Gasteiger partial charge in [-0.25, -0.2) is 0 Å². The van der Waals surface area contributed by atoms with Crippen LogP contribution in [0.5, 0.6) is 0 Å². The van der Waals surface area contributed by atoms with Crippen molar-refractivity contribution in [1.29, 1.82) is 0 Å². The number of aliphatic imine (C=N–C) groups is 1. The zero-order valence-corrected chi connectivity index (χ0v) is 25.0. The lowest BCUT2D eigenvalue weighted by molar-refractivity contribution is -0.142. The summed E-state index contributed by atoms with van der Waals surface area (Å²) >= 11 is 0. The molecule has 1 saturated carbocycles. The van der Waals surface area contributed by atoms with Crippen molar-refractivity contribution >= 4 is 41.3 Å². The van der Waals surface area contributed by atoms with Crippen molar-refractivity contribution in [2.45, 2.75) is 88.8 Å². The summed E-state index contributed by atoms with van der Waals surface area (Å²) in [7, 11) is 0. The summed E-state index contributed by atoms with van der Waals surface area (Å²) in [5.74, 6) is -5.87. The highest BCUT2D eigenvalue weighted by Crippen LogP contribution is 2.29. The summed E-state index contributed by atoms with van der Waals surface area (Å²) in [5, 5.41) is 20.3. The smallest absolute Gasteiger partial charge is 0.304 e. The minimum atomic E-state index is -1.35. The van der Waals surface area contributed by atoms with Crippen LogP contribution in [0, 0.1) is 12.8 Å². The molecule has 3 rings (SSSR count). The molecule has 1 aromatic carbocycles. The van der Waals surface area contributed by atoms with Gasteiger partial charge in [-0.1, -0.05) is 49.1 Å². The Balaban J connectivity index is 1.99. The molecule has 2 aliphatic rings. The van der Waals surface area contributed by atoms with Crippen molar-refractivity contribution in [3.05, 3.63) is 35.4 Å². The first kappa shape index (κ1) is 34.0. The Bertz CT molecular complexity index is 1250. The molecule has 0 bridgehead atoms. The van der Waals surface area contributed by atoms with E-state index in [1.807, 2.05) is 31.2 Å². The number of hydrogen-bond donors (Lipinski definition) is 7. The number of carbonyl (C=O) groups is 6. The van der Waals surface area contributed by atoms with E-state index in [-0.39, 0.29) is 25.3 Å². The van der Waals surface area contributed by atoms with Crippen LogP contribution in [0.3, 0.4) is 0 Å². The highest BCUT2D eigenvalue weighted by atomic mass is 16.4. The zero-order chi connectivity index (χ0) is 32.3. The lowest BCUT2D eigenvalue weighted by Crippen LogP contribution is -2.65. The summed E-state index contributed by atoms with van der Waals surface area (Å²) in [6.45, 7) is 1.64. The third-order valence-electron chi connectivity index (χ3n) is 7.99. The Morgan fingerprint density at radius 1 is 0.955 bits per heavy atom. The molecule has 4 amide bonds. The third kappa shape index (κ3) is 10.1. The van der Waals surface area contributed by atoms with Gasteiger partial charge in [0.05, 0.1) is 18.9 Å². The second-order valence-corrected chi connectivity index (χ2v) is 11.6. The van der Waals surface area contributed by atoms with Crippen molar-refractivity contribution in [2.75, 3.05) is 13.1 Å². The highest BCUT2D eigenvalue weighted by Gasteiger charge is 2.44. The van der Waals surface area contributed by atoms with Gasteiger partial charge in [0.15, 0.2) is 11.7 Å². The molecule has 1 saturated heterocycles. The number of carboxylic acids is 1. The normalized spacial score (nSPS) is 23.3. The number of ketones is 1. The number of Topliss-reactive ketones (excluding diaryl/α,β-unsaturated/α-hetero) is 1. The Morgan fingerprint density at radius 3 is 2.27 bits per heavy atom. The molecule has 1 aromatic rings. The van der Waals surface area contributed by atoms with Crippen LogP contribution >= 0.6 is 0 Å². The number of carbonyl (C=O) groups excluding carboxylic acids is 5. The Hall–Kier alpha value is -4.49. The average molecular weight is 614 g/mol. The van der Waals surface area contributed by atoms with Crippen LogP contribution in [0.1, 0.15) is 68.9 Å². The molecular weight excluding hydrogens is 570 g/mol. The van der Waals surface area contributed by atoms with E-state index >= 15 is 0 Å². The predicted octanol–water partition coefficient (Wildman–Crippen LogP) is -0.440. The second-order valence-electron chi connectivity index (χ2n) is 11.6. The molecule has 2 fully saturated rings. The standard InChI is InChI=1S/C30H43N7O7/c1-18-7-9-19(10-8-18)14-23-27(43)37-30(11-3-2-4-12-30)28(44)36-22(6-5-13-33-29(31)32)26(42)34-17-21(38)15-20(16-24(39)40)25(41)35-23/h7-10,20,22-23H,2-6,11-17H2,1H3,(H,34,42)(H,35,41)(H,36,44)(H,37,43)(H,39,40)(H4,31,32,33)/t20-,22-,23+/m0/s1. The molecular formula is C30H43N7O7. The van der Waals surface area contributed by atoms with Crippen LogP contribution in [0.15, 0.2) is 29.3 Å². The SMILES string of the molecule is Cc1ccc(C[C@H]2NC(=O)[C@H](CC(=O)O)CC(=O)CNC(=O)[C@H](CCCN=C(N)N)NC(=O)C3(CCCCC3)NC2=O)cc1. The lowest BCUT2D eigenvalue weighted by atomic mass is 9.80. The van der Waals surface area contributed by atoms with Crippen LogP contribution < -0.4 is 32.7 Å². The van der Waals surface area contributed by atoms with Crippen molar-refractivity contribution in [1.82, 2.24) is 21.3 Å². The summed E-state index contributed by atoms with van der Waals surface area (Å²) in [5.41, 5.74) is 11.2. The Kier molecular flexibility index (Phi) is 12.2. The Labute approximate surface area is 256 Å². The first-order valence-electron chi connectivity index (χ1n) is 14.9. The van der Waals surface area contributed by atoms with Gasteiger partial charge in [-0.2, -0.15) is 0 Å². The van der Waals surface area contributed by atoms with Gasteiger partial charge >= 0.3 is 5.97 Å². The minimum absolute atomic E-state index is 0.0662. The van der Waals surface area contributed by atoms with Gasteiger partial charge in [0.25, 0.3) is 0 Å². The quantitative estimate of drug-likeness (QED) is 0.114. The minimum Gasteiger partial charge on any atom is -0.481 e. The summed E-state index contributed by atoms with van der Waals surface area (Å²) in [4.78, 5) is 82.7. The van der Waals surface area contributed by atoms with E-state index in [4.69, 9.17) is 11.5 Å². The van der Waals surface area contributed by atoms with Crippen molar-refractivity contribution in [3.8, 4) is 0 Å². The van der Waals surface area contributed by atoms with Gasteiger partial charge in [-0.15, -0.1) is 0 Å². The maximum Gasteiger partial charge on any atom is 0.304 e. The second kappa shape index (κ2) is 15.8. The topological polar surface area (TPSA) is 235 Å². The first-order chi connectivity index (χ1) is 20.9. The third-order valence-corrected chi connectivity index (χ3v) is 7.99. The van der Waals surface area contributed by atoms with E-state index in [2.05, 4.69) is 26.3 Å².